The average molecular weight is 292 g/mol. The molecule has 92 valence electrons. The van der Waals surface area contributed by atoms with Gasteiger partial charge in [-0.3, -0.25) is 0 Å². The minimum atomic E-state index is 0.529. The molecule has 4 nitrogen and oxygen atoms in total. The number of benzene rings is 1. The number of nitrogens with zero attached hydrogens (tertiary/aromatic N) is 2. The van der Waals surface area contributed by atoms with Crippen LogP contribution in [0.15, 0.2) is 6.07 Å². The Morgan fingerprint density at radius 2 is 2.06 bits per heavy atom. The molecule has 2 aromatic rings. The Morgan fingerprint density at radius 1 is 1.29 bits per heavy atom. The maximum atomic E-state index is 6.14. The Morgan fingerprint density at radius 3 is 2.82 bits per heavy atom. The van der Waals surface area contributed by atoms with Crippen molar-refractivity contribution in [3.05, 3.63) is 16.1 Å². The molecule has 0 aliphatic rings. The number of anilines is 1. The molecule has 0 aliphatic carbocycles. The lowest BCUT2D eigenvalue weighted by atomic mass is 10.2. The Kier molecular flexibility index (Phi) is 4.39. The van der Waals surface area contributed by atoms with E-state index in [1.54, 1.807) is 13.2 Å². The molecule has 1 aromatic carbocycles. The highest BCUT2D eigenvalue weighted by molar-refractivity contribution is 7.00. The van der Waals surface area contributed by atoms with Gasteiger partial charge in [-0.2, -0.15) is 8.75 Å². The third-order valence-electron chi connectivity index (χ3n) is 2.27. The summed E-state index contributed by atoms with van der Waals surface area (Å²) in [5.74, 6) is 0. The molecule has 0 saturated carbocycles. The minimum absolute atomic E-state index is 0.529. The van der Waals surface area contributed by atoms with Gasteiger partial charge in [-0.05, 0) is 12.5 Å². The molecule has 0 unspecified atom stereocenters. The summed E-state index contributed by atoms with van der Waals surface area (Å²) in [6, 6.07) is 1.69. The number of rotatable bonds is 5. The number of methoxy groups -OCH3 is 1. The van der Waals surface area contributed by atoms with Gasteiger partial charge in [-0.1, -0.05) is 23.2 Å². The van der Waals surface area contributed by atoms with E-state index >= 15 is 0 Å². The molecule has 17 heavy (non-hydrogen) atoms. The van der Waals surface area contributed by atoms with Crippen molar-refractivity contribution >= 4 is 51.7 Å². The van der Waals surface area contributed by atoms with Gasteiger partial charge in [0.2, 0.25) is 0 Å². The Labute approximate surface area is 113 Å². The molecule has 1 heterocycles. The monoisotopic (exact) mass is 291 g/mol. The SMILES string of the molecule is COCCCNc1c(Cl)cc(Cl)c2nsnc12. The zero-order valence-electron chi connectivity index (χ0n) is 9.17. The average Bonchev–Trinajstić information content (AvgIpc) is 2.77. The molecular formula is C10H11Cl2N3OS. The van der Waals surface area contributed by atoms with Crippen LogP contribution in [0.4, 0.5) is 5.69 Å². The topological polar surface area (TPSA) is 47.0 Å². The minimum Gasteiger partial charge on any atom is -0.385 e. The van der Waals surface area contributed by atoms with Crippen molar-refractivity contribution in [2.45, 2.75) is 6.42 Å². The number of hydrogen-bond acceptors (Lipinski definition) is 5. The molecule has 0 aliphatic heterocycles. The Hall–Kier alpha value is -0.620. The van der Waals surface area contributed by atoms with Crippen molar-refractivity contribution in [2.24, 2.45) is 0 Å². The number of fused-ring (bicyclic) bond motifs is 1. The second kappa shape index (κ2) is 5.82. The smallest absolute Gasteiger partial charge is 0.130 e. The van der Waals surface area contributed by atoms with E-state index in [2.05, 4.69) is 14.1 Å². The fourth-order valence-electron chi connectivity index (χ4n) is 1.47. The molecule has 0 radical (unpaired) electrons. The summed E-state index contributed by atoms with van der Waals surface area (Å²) in [6.07, 6.45) is 0.897. The van der Waals surface area contributed by atoms with Crippen LogP contribution >= 0.6 is 34.9 Å². The lowest BCUT2D eigenvalue weighted by Gasteiger charge is -2.09. The molecule has 0 saturated heterocycles. The molecule has 0 spiro atoms. The highest BCUT2D eigenvalue weighted by atomic mass is 35.5. The molecular weight excluding hydrogens is 281 g/mol. The van der Waals surface area contributed by atoms with Crippen LogP contribution in [0.25, 0.3) is 11.0 Å². The van der Waals surface area contributed by atoms with Crippen LogP contribution in [-0.4, -0.2) is 29.0 Å². The summed E-state index contributed by atoms with van der Waals surface area (Å²) < 4.78 is 13.3. The van der Waals surface area contributed by atoms with E-state index in [9.17, 15) is 0 Å². The van der Waals surface area contributed by atoms with E-state index in [0.717, 1.165) is 35.9 Å². The molecule has 0 amide bonds. The Balaban J connectivity index is 2.23. The molecule has 2 rings (SSSR count). The first kappa shape index (κ1) is 12.8. The van der Waals surface area contributed by atoms with E-state index in [4.69, 9.17) is 27.9 Å². The van der Waals surface area contributed by atoms with Gasteiger partial charge in [0.25, 0.3) is 0 Å². The maximum absolute atomic E-state index is 6.14. The van der Waals surface area contributed by atoms with E-state index in [1.807, 2.05) is 0 Å². The van der Waals surface area contributed by atoms with Gasteiger partial charge >= 0.3 is 0 Å². The summed E-state index contributed by atoms with van der Waals surface area (Å²) in [5, 5.41) is 4.33. The molecule has 0 fully saturated rings. The van der Waals surface area contributed by atoms with Crippen LogP contribution < -0.4 is 5.32 Å². The van der Waals surface area contributed by atoms with Crippen molar-refractivity contribution in [1.82, 2.24) is 8.75 Å². The molecule has 0 bridgehead atoms. The van der Waals surface area contributed by atoms with Gasteiger partial charge in [0.05, 0.1) is 27.5 Å². The van der Waals surface area contributed by atoms with Crippen LogP contribution in [0, 0.1) is 0 Å². The first-order chi connectivity index (χ1) is 8.24. The van der Waals surface area contributed by atoms with Crippen LogP contribution in [0.2, 0.25) is 10.0 Å². The predicted octanol–water partition coefficient (Wildman–Crippen LogP) is 3.45. The number of halogens is 2. The number of hydrogen-bond donors (Lipinski definition) is 1. The summed E-state index contributed by atoms with van der Waals surface area (Å²) in [4.78, 5) is 0. The largest absolute Gasteiger partial charge is 0.385 e. The molecule has 0 atom stereocenters. The number of ether oxygens (including phenoxy) is 1. The van der Waals surface area contributed by atoms with Crippen molar-refractivity contribution in [2.75, 3.05) is 25.6 Å². The second-order valence-corrected chi connectivity index (χ2v) is 4.79. The van der Waals surface area contributed by atoms with Gasteiger partial charge in [-0.15, -0.1) is 0 Å². The van der Waals surface area contributed by atoms with Gasteiger partial charge in [0, 0.05) is 20.3 Å². The van der Waals surface area contributed by atoms with Crippen molar-refractivity contribution in [3.8, 4) is 0 Å². The molecule has 1 aromatic heterocycles. The number of aromatic nitrogens is 2. The zero-order chi connectivity index (χ0) is 12.3. The first-order valence-corrected chi connectivity index (χ1v) is 6.55. The lowest BCUT2D eigenvalue weighted by Crippen LogP contribution is -2.05. The highest BCUT2D eigenvalue weighted by Gasteiger charge is 2.13. The predicted molar refractivity (Wildman–Crippen MR) is 72.4 cm³/mol. The van der Waals surface area contributed by atoms with E-state index in [0.29, 0.717) is 22.2 Å². The molecule has 7 heteroatoms. The zero-order valence-corrected chi connectivity index (χ0v) is 11.5. The highest BCUT2D eigenvalue weighted by Crippen LogP contribution is 2.34. The van der Waals surface area contributed by atoms with Gasteiger partial charge in [-0.25, -0.2) is 0 Å². The van der Waals surface area contributed by atoms with E-state index in [-0.39, 0.29) is 0 Å². The summed E-state index contributed by atoms with van der Waals surface area (Å²) in [6.45, 7) is 1.47. The van der Waals surface area contributed by atoms with E-state index < -0.39 is 0 Å². The van der Waals surface area contributed by atoms with E-state index in [1.165, 1.54) is 0 Å². The van der Waals surface area contributed by atoms with Gasteiger partial charge in [0.15, 0.2) is 0 Å². The van der Waals surface area contributed by atoms with Crippen LogP contribution in [0.5, 0.6) is 0 Å². The third kappa shape index (κ3) is 2.80. The molecule has 1 N–H and O–H groups in total. The van der Waals surface area contributed by atoms with Crippen LogP contribution in [0.3, 0.4) is 0 Å². The van der Waals surface area contributed by atoms with Crippen molar-refractivity contribution in [3.63, 3.8) is 0 Å². The lowest BCUT2D eigenvalue weighted by molar-refractivity contribution is 0.198. The third-order valence-corrected chi connectivity index (χ3v) is 3.39. The normalized spacial score (nSPS) is 11.0. The summed E-state index contributed by atoms with van der Waals surface area (Å²) in [7, 11) is 1.68. The fourth-order valence-corrected chi connectivity index (χ4v) is 2.65. The quantitative estimate of drug-likeness (QED) is 0.857. The maximum Gasteiger partial charge on any atom is 0.130 e. The standard InChI is InChI=1S/C10H11Cl2N3OS/c1-16-4-2-3-13-8-6(11)5-7(12)9-10(8)15-17-14-9/h5,13H,2-4H2,1H3. The summed E-state index contributed by atoms with van der Waals surface area (Å²) >= 11 is 13.3. The van der Waals surface area contributed by atoms with Crippen LogP contribution in [-0.2, 0) is 4.74 Å². The first-order valence-electron chi connectivity index (χ1n) is 5.07. The Bertz CT molecular complexity index is 517. The van der Waals surface area contributed by atoms with Crippen molar-refractivity contribution < 1.29 is 4.74 Å². The van der Waals surface area contributed by atoms with Crippen LogP contribution in [0.1, 0.15) is 6.42 Å². The summed E-state index contributed by atoms with van der Waals surface area (Å²) in [5.41, 5.74) is 2.20. The van der Waals surface area contributed by atoms with Crippen molar-refractivity contribution in [1.29, 1.82) is 0 Å². The second-order valence-electron chi connectivity index (χ2n) is 3.45. The van der Waals surface area contributed by atoms with Gasteiger partial charge in [0.1, 0.15) is 11.0 Å². The fraction of sp³-hybridized carbons (Fsp3) is 0.400. The van der Waals surface area contributed by atoms with Gasteiger partial charge < -0.3 is 10.1 Å². The number of nitrogens with one attached hydrogen (secondary N) is 1.